The van der Waals surface area contributed by atoms with Gasteiger partial charge in [0.15, 0.2) is 0 Å². The smallest absolute Gasteiger partial charge is 0.322 e. The van der Waals surface area contributed by atoms with Crippen LogP contribution in [0.15, 0.2) is 30.6 Å². The van der Waals surface area contributed by atoms with Gasteiger partial charge in [0.05, 0.1) is 29.9 Å². The van der Waals surface area contributed by atoms with Crippen molar-refractivity contribution in [3.8, 4) is 0 Å². The number of halogens is 1. The van der Waals surface area contributed by atoms with E-state index in [1.807, 2.05) is 0 Å². The highest BCUT2D eigenvalue weighted by atomic mass is 19.1. The highest BCUT2D eigenvalue weighted by molar-refractivity contribution is 5.89. The van der Waals surface area contributed by atoms with Crippen molar-refractivity contribution < 1.29 is 9.18 Å². The second-order valence-electron chi connectivity index (χ2n) is 4.41. The number of imidazole rings is 1. The number of hydrogen-bond donors (Lipinski definition) is 2. The summed E-state index contributed by atoms with van der Waals surface area (Å²) in [7, 11) is 0. The molecule has 6 heteroatoms. The minimum atomic E-state index is -0.435. The van der Waals surface area contributed by atoms with E-state index < -0.39 is 5.82 Å². The number of aromatic amines is 1. The summed E-state index contributed by atoms with van der Waals surface area (Å²) in [4.78, 5) is 20.9. The fourth-order valence-corrected chi connectivity index (χ4v) is 2.14. The van der Waals surface area contributed by atoms with Gasteiger partial charge in [-0.05, 0) is 12.1 Å². The number of H-pyrrole nitrogens is 1. The van der Waals surface area contributed by atoms with Crippen LogP contribution in [0.2, 0.25) is 0 Å². The number of carbonyl (C=O) groups is 1. The van der Waals surface area contributed by atoms with E-state index in [1.54, 1.807) is 29.4 Å². The number of urea groups is 1. The zero-order valence-electron chi connectivity index (χ0n) is 10.2. The second kappa shape index (κ2) is 4.72. The van der Waals surface area contributed by atoms with Crippen molar-refractivity contribution >= 4 is 11.7 Å². The van der Waals surface area contributed by atoms with Gasteiger partial charge in [0.2, 0.25) is 0 Å². The molecule has 0 spiro atoms. The molecule has 1 aromatic heterocycles. The number of amides is 2. The van der Waals surface area contributed by atoms with E-state index in [9.17, 15) is 9.18 Å². The van der Waals surface area contributed by atoms with Crippen LogP contribution in [0.25, 0.3) is 0 Å². The van der Waals surface area contributed by atoms with Gasteiger partial charge in [-0.15, -0.1) is 0 Å². The van der Waals surface area contributed by atoms with Crippen molar-refractivity contribution in [1.82, 2.24) is 14.9 Å². The zero-order chi connectivity index (χ0) is 13.2. The second-order valence-corrected chi connectivity index (χ2v) is 4.41. The molecule has 98 valence electrons. The fourth-order valence-electron chi connectivity index (χ4n) is 2.14. The average Bonchev–Trinajstić information content (AvgIpc) is 2.88. The number of fused-ring (bicyclic) bond motifs is 1. The molecule has 0 saturated heterocycles. The van der Waals surface area contributed by atoms with Gasteiger partial charge in [-0.3, -0.25) is 0 Å². The van der Waals surface area contributed by atoms with Gasteiger partial charge in [-0.1, -0.05) is 12.1 Å². The Morgan fingerprint density at radius 1 is 1.42 bits per heavy atom. The molecule has 0 bridgehead atoms. The lowest BCUT2D eigenvalue weighted by molar-refractivity contribution is 0.205. The number of aromatic nitrogens is 2. The molecule has 1 aliphatic heterocycles. The number of nitrogens with one attached hydrogen (secondary N) is 2. The molecule has 1 aromatic carbocycles. The molecule has 1 aliphatic rings. The fraction of sp³-hybridized carbons (Fsp3) is 0.231. The molecular weight excluding hydrogens is 247 g/mol. The molecule has 2 heterocycles. The molecule has 2 amide bonds. The molecular formula is C13H13FN4O. The molecule has 0 atom stereocenters. The number of nitrogens with zero attached hydrogens (tertiary/aromatic N) is 2. The van der Waals surface area contributed by atoms with Crippen molar-refractivity contribution in [2.75, 3.05) is 11.9 Å². The van der Waals surface area contributed by atoms with E-state index in [-0.39, 0.29) is 11.7 Å². The number of para-hydroxylation sites is 1. The summed E-state index contributed by atoms with van der Waals surface area (Å²) in [6, 6.07) is 5.83. The first-order valence-electron chi connectivity index (χ1n) is 6.05. The van der Waals surface area contributed by atoms with E-state index in [4.69, 9.17) is 0 Å². The average molecular weight is 260 g/mol. The Morgan fingerprint density at radius 3 is 3.11 bits per heavy atom. The van der Waals surface area contributed by atoms with Crippen molar-refractivity contribution in [3.63, 3.8) is 0 Å². The van der Waals surface area contributed by atoms with Crippen LogP contribution in [0.3, 0.4) is 0 Å². The molecule has 5 nitrogen and oxygen atoms in total. The molecule has 0 fully saturated rings. The SMILES string of the molecule is O=C(Nc1ccccc1F)N1CCc2nc[nH]c2C1. The highest BCUT2D eigenvalue weighted by Crippen LogP contribution is 2.17. The summed E-state index contributed by atoms with van der Waals surface area (Å²) in [5, 5.41) is 2.58. The molecule has 3 rings (SSSR count). The minimum absolute atomic E-state index is 0.197. The number of hydrogen-bond acceptors (Lipinski definition) is 2. The van der Waals surface area contributed by atoms with E-state index in [2.05, 4.69) is 15.3 Å². The van der Waals surface area contributed by atoms with Crippen LogP contribution >= 0.6 is 0 Å². The van der Waals surface area contributed by atoms with E-state index >= 15 is 0 Å². The third-order valence-electron chi connectivity index (χ3n) is 3.18. The summed E-state index contributed by atoms with van der Waals surface area (Å²) >= 11 is 0. The lowest BCUT2D eigenvalue weighted by Crippen LogP contribution is -2.39. The van der Waals surface area contributed by atoms with Gasteiger partial charge in [-0.2, -0.15) is 0 Å². The van der Waals surface area contributed by atoms with Crippen LogP contribution in [-0.2, 0) is 13.0 Å². The van der Waals surface area contributed by atoms with Crippen LogP contribution in [0.5, 0.6) is 0 Å². The maximum absolute atomic E-state index is 13.5. The van der Waals surface area contributed by atoms with Crippen molar-refractivity contribution in [3.05, 3.63) is 47.8 Å². The lowest BCUT2D eigenvalue weighted by atomic mass is 10.1. The Balaban J connectivity index is 1.71. The third kappa shape index (κ3) is 2.29. The highest BCUT2D eigenvalue weighted by Gasteiger charge is 2.22. The maximum atomic E-state index is 13.5. The third-order valence-corrected chi connectivity index (χ3v) is 3.18. The van der Waals surface area contributed by atoms with Crippen LogP contribution in [0.1, 0.15) is 11.4 Å². The Hall–Kier alpha value is -2.37. The molecule has 2 N–H and O–H groups in total. The van der Waals surface area contributed by atoms with Crippen LogP contribution in [-0.4, -0.2) is 27.4 Å². The molecule has 19 heavy (non-hydrogen) atoms. The monoisotopic (exact) mass is 260 g/mol. The Bertz CT molecular complexity index is 610. The molecule has 0 saturated carbocycles. The predicted octanol–water partition coefficient (Wildman–Crippen LogP) is 2.14. The van der Waals surface area contributed by atoms with Crippen LogP contribution in [0.4, 0.5) is 14.9 Å². The van der Waals surface area contributed by atoms with Gasteiger partial charge < -0.3 is 15.2 Å². The van der Waals surface area contributed by atoms with Gasteiger partial charge in [0.1, 0.15) is 5.82 Å². The molecule has 0 unspecified atom stereocenters. The standard InChI is InChI=1S/C13H13FN4O/c14-9-3-1-2-4-10(9)17-13(19)18-6-5-11-12(7-18)16-8-15-11/h1-4,8H,5-7H2,(H,15,16)(H,17,19). The summed E-state index contributed by atoms with van der Waals surface area (Å²) in [5.41, 5.74) is 2.13. The molecule has 0 aliphatic carbocycles. The maximum Gasteiger partial charge on any atom is 0.322 e. The summed E-state index contributed by atoms with van der Waals surface area (Å²) in [6.45, 7) is 1.05. The number of anilines is 1. The number of carbonyl (C=O) groups excluding carboxylic acids is 1. The van der Waals surface area contributed by atoms with Crippen molar-refractivity contribution in [2.24, 2.45) is 0 Å². The van der Waals surface area contributed by atoms with Gasteiger partial charge >= 0.3 is 6.03 Å². The summed E-state index contributed by atoms with van der Waals surface area (Å²) in [6.07, 6.45) is 2.34. The Kier molecular flexibility index (Phi) is 2.91. The normalized spacial score (nSPS) is 14.1. The largest absolute Gasteiger partial charge is 0.347 e. The van der Waals surface area contributed by atoms with Crippen LogP contribution in [0, 0.1) is 5.82 Å². The van der Waals surface area contributed by atoms with E-state index in [0.717, 1.165) is 11.4 Å². The Morgan fingerprint density at radius 2 is 2.26 bits per heavy atom. The quantitative estimate of drug-likeness (QED) is 0.825. The first-order valence-corrected chi connectivity index (χ1v) is 6.05. The number of benzene rings is 1. The summed E-state index contributed by atoms with van der Waals surface area (Å²) in [5.74, 6) is -0.435. The topological polar surface area (TPSA) is 61.0 Å². The van der Waals surface area contributed by atoms with Crippen molar-refractivity contribution in [1.29, 1.82) is 0 Å². The van der Waals surface area contributed by atoms with Gasteiger partial charge in [0, 0.05) is 13.0 Å². The predicted molar refractivity (Wildman–Crippen MR) is 68.1 cm³/mol. The Labute approximate surface area is 109 Å². The first kappa shape index (κ1) is 11.7. The van der Waals surface area contributed by atoms with Crippen molar-refractivity contribution in [2.45, 2.75) is 13.0 Å². The van der Waals surface area contributed by atoms with E-state index in [0.29, 0.717) is 19.5 Å². The van der Waals surface area contributed by atoms with Crippen LogP contribution < -0.4 is 5.32 Å². The molecule has 2 aromatic rings. The number of rotatable bonds is 1. The molecule has 0 radical (unpaired) electrons. The minimum Gasteiger partial charge on any atom is -0.347 e. The van der Waals surface area contributed by atoms with Gasteiger partial charge in [-0.25, -0.2) is 14.2 Å². The zero-order valence-corrected chi connectivity index (χ0v) is 10.2. The summed E-state index contributed by atoms with van der Waals surface area (Å²) < 4.78 is 13.5. The first-order chi connectivity index (χ1) is 9.24. The van der Waals surface area contributed by atoms with E-state index in [1.165, 1.54) is 6.07 Å². The van der Waals surface area contributed by atoms with Gasteiger partial charge in [0.25, 0.3) is 0 Å². The lowest BCUT2D eigenvalue weighted by Gasteiger charge is -2.26.